The molecule has 0 fully saturated rings. The number of hydrogen-bond donors (Lipinski definition) is 3. The van der Waals surface area contributed by atoms with Crippen LogP contribution >= 0.6 is 11.6 Å². The molecular formula is C15H9ClN2O4. The Bertz CT molecular complexity index is 890. The molecule has 0 aliphatic heterocycles. The zero-order valence-corrected chi connectivity index (χ0v) is 11.8. The molecule has 1 aliphatic rings. The van der Waals surface area contributed by atoms with E-state index in [-0.39, 0.29) is 38.7 Å². The van der Waals surface area contributed by atoms with Gasteiger partial charge in [-0.2, -0.15) is 0 Å². The molecule has 2 aromatic rings. The molecule has 0 atom stereocenters. The standard InChI is InChI=1S/C15H9ClN2O4/c16-10-9(15(21)22)11(17)7-8(12(10)18)14(20)6-4-2-1-3-5(6)13(7)19/h1-4H,17-18H2,(H,21,22). The van der Waals surface area contributed by atoms with Gasteiger partial charge in [0.2, 0.25) is 0 Å². The summed E-state index contributed by atoms with van der Waals surface area (Å²) in [5, 5.41) is 8.86. The van der Waals surface area contributed by atoms with Crippen LogP contribution in [0.5, 0.6) is 0 Å². The summed E-state index contributed by atoms with van der Waals surface area (Å²) in [7, 11) is 0. The SMILES string of the molecule is Nc1c(Cl)c(C(=O)O)c(N)c2c1C(=O)c1ccccc1C2=O. The van der Waals surface area contributed by atoms with Crippen molar-refractivity contribution >= 4 is 40.5 Å². The minimum Gasteiger partial charge on any atom is -0.478 e. The molecule has 0 bridgehead atoms. The molecular weight excluding hydrogens is 308 g/mol. The molecule has 0 amide bonds. The third-order valence-corrected chi connectivity index (χ3v) is 3.99. The highest BCUT2D eigenvalue weighted by Crippen LogP contribution is 2.41. The van der Waals surface area contributed by atoms with Crippen molar-refractivity contribution in [3.63, 3.8) is 0 Å². The van der Waals surface area contributed by atoms with Crippen LogP contribution in [0.15, 0.2) is 24.3 Å². The van der Waals surface area contributed by atoms with E-state index < -0.39 is 23.1 Å². The average Bonchev–Trinajstić information content (AvgIpc) is 2.48. The summed E-state index contributed by atoms with van der Waals surface area (Å²) in [4.78, 5) is 36.5. The number of carboxylic acid groups (broad SMARTS) is 1. The van der Waals surface area contributed by atoms with Crippen LogP contribution in [-0.2, 0) is 0 Å². The predicted octanol–water partition coefficient (Wildman–Crippen LogP) is 1.98. The molecule has 0 saturated heterocycles. The third kappa shape index (κ3) is 1.64. The number of aromatic carboxylic acids is 1. The first-order chi connectivity index (χ1) is 10.4. The second kappa shape index (κ2) is 4.57. The monoisotopic (exact) mass is 316 g/mol. The molecule has 7 heteroatoms. The highest BCUT2D eigenvalue weighted by molar-refractivity contribution is 6.41. The minimum atomic E-state index is -1.42. The first kappa shape index (κ1) is 14.1. The van der Waals surface area contributed by atoms with Crippen LogP contribution in [0.3, 0.4) is 0 Å². The molecule has 0 aromatic heterocycles. The smallest absolute Gasteiger partial charge is 0.339 e. The molecule has 0 heterocycles. The maximum absolute atomic E-state index is 12.6. The van der Waals surface area contributed by atoms with Crippen LogP contribution in [-0.4, -0.2) is 22.6 Å². The molecule has 1 aliphatic carbocycles. The van der Waals surface area contributed by atoms with Crippen LogP contribution < -0.4 is 11.5 Å². The van der Waals surface area contributed by atoms with E-state index in [2.05, 4.69) is 0 Å². The Morgan fingerprint density at radius 3 is 1.86 bits per heavy atom. The number of nitrogen functional groups attached to an aromatic ring is 2. The van der Waals surface area contributed by atoms with Gasteiger partial charge in [-0.3, -0.25) is 9.59 Å². The van der Waals surface area contributed by atoms with E-state index in [1.165, 1.54) is 12.1 Å². The molecule has 110 valence electrons. The van der Waals surface area contributed by atoms with Crippen molar-refractivity contribution in [2.75, 3.05) is 11.5 Å². The molecule has 0 unspecified atom stereocenters. The van der Waals surface area contributed by atoms with Gasteiger partial charge in [0.1, 0.15) is 5.56 Å². The van der Waals surface area contributed by atoms with Gasteiger partial charge in [0.15, 0.2) is 11.6 Å². The zero-order valence-electron chi connectivity index (χ0n) is 11.0. The Hall–Kier alpha value is -2.86. The molecule has 2 aromatic carbocycles. The topological polar surface area (TPSA) is 123 Å². The van der Waals surface area contributed by atoms with E-state index in [1.54, 1.807) is 12.1 Å². The molecule has 6 nitrogen and oxygen atoms in total. The van der Waals surface area contributed by atoms with Crippen molar-refractivity contribution in [3.05, 3.63) is 57.1 Å². The summed E-state index contributed by atoms with van der Waals surface area (Å²) in [6.45, 7) is 0. The van der Waals surface area contributed by atoms with Gasteiger partial charge in [-0.05, 0) is 0 Å². The fraction of sp³-hybridized carbons (Fsp3) is 0. The van der Waals surface area contributed by atoms with Gasteiger partial charge < -0.3 is 16.6 Å². The molecule has 3 rings (SSSR count). The highest BCUT2D eigenvalue weighted by atomic mass is 35.5. The number of carbonyl (C=O) groups is 3. The first-order valence-corrected chi connectivity index (χ1v) is 6.56. The maximum Gasteiger partial charge on any atom is 0.339 e. The quantitative estimate of drug-likeness (QED) is 0.590. The number of fused-ring (bicyclic) bond motifs is 2. The molecule has 22 heavy (non-hydrogen) atoms. The maximum atomic E-state index is 12.6. The van der Waals surface area contributed by atoms with Gasteiger partial charge in [-0.15, -0.1) is 0 Å². The fourth-order valence-electron chi connectivity index (χ4n) is 2.59. The number of hydrogen-bond acceptors (Lipinski definition) is 5. The lowest BCUT2D eigenvalue weighted by molar-refractivity contribution is 0.0698. The van der Waals surface area contributed by atoms with Crippen molar-refractivity contribution in [1.82, 2.24) is 0 Å². The predicted molar refractivity (Wildman–Crippen MR) is 80.5 cm³/mol. The lowest BCUT2D eigenvalue weighted by atomic mass is 9.81. The van der Waals surface area contributed by atoms with Crippen molar-refractivity contribution in [2.24, 2.45) is 0 Å². The van der Waals surface area contributed by atoms with Gasteiger partial charge >= 0.3 is 5.97 Å². The number of carboxylic acids is 1. The van der Waals surface area contributed by atoms with E-state index in [0.29, 0.717) is 0 Å². The zero-order chi connectivity index (χ0) is 16.2. The summed E-state index contributed by atoms with van der Waals surface area (Å²) in [5.41, 5.74) is 10.5. The van der Waals surface area contributed by atoms with Crippen LogP contribution in [0, 0.1) is 0 Å². The first-order valence-electron chi connectivity index (χ1n) is 6.18. The van der Waals surface area contributed by atoms with Crippen LogP contribution in [0.25, 0.3) is 0 Å². The summed E-state index contributed by atoms with van der Waals surface area (Å²) in [6, 6.07) is 6.18. The number of anilines is 2. The Labute approximate surface area is 129 Å². The van der Waals surface area contributed by atoms with E-state index in [4.69, 9.17) is 23.1 Å². The van der Waals surface area contributed by atoms with Crippen LogP contribution in [0.4, 0.5) is 11.4 Å². The molecule has 5 N–H and O–H groups in total. The van der Waals surface area contributed by atoms with Crippen molar-refractivity contribution < 1.29 is 19.5 Å². The largest absolute Gasteiger partial charge is 0.478 e. The third-order valence-electron chi connectivity index (χ3n) is 3.60. The van der Waals surface area contributed by atoms with Gasteiger partial charge in [-0.25, -0.2) is 4.79 Å². The van der Waals surface area contributed by atoms with Gasteiger partial charge in [-0.1, -0.05) is 35.9 Å². The van der Waals surface area contributed by atoms with Gasteiger partial charge in [0.05, 0.1) is 27.5 Å². The lowest BCUT2D eigenvalue weighted by Crippen LogP contribution is -2.25. The van der Waals surface area contributed by atoms with E-state index in [1.807, 2.05) is 0 Å². The Balaban J connectivity index is 2.46. The van der Waals surface area contributed by atoms with Gasteiger partial charge in [0.25, 0.3) is 0 Å². The summed E-state index contributed by atoms with van der Waals surface area (Å²) in [5.74, 6) is -2.47. The normalized spacial score (nSPS) is 12.8. The average molecular weight is 317 g/mol. The number of carbonyl (C=O) groups excluding carboxylic acids is 2. The number of benzene rings is 2. The number of rotatable bonds is 1. The lowest BCUT2D eigenvalue weighted by Gasteiger charge is -2.22. The number of halogens is 1. The summed E-state index contributed by atoms with van der Waals surface area (Å²) in [6.07, 6.45) is 0. The van der Waals surface area contributed by atoms with E-state index >= 15 is 0 Å². The highest BCUT2D eigenvalue weighted by Gasteiger charge is 2.36. The Kier molecular flexibility index (Phi) is 2.93. The minimum absolute atomic E-state index is 0.142. The fourth-order valence-corrected chi connectivity index (χ4v) is 2.86. The Morgan fingerprint density at radius 1 is 0.955 bits per heavy atom. The second-order valence-electron chi connectivity index (χ2n) is 4.78. The number of ketones is 2. The number of nitrogens with two attached hydrogens (primary N) is 2. The Morgan fingerprint density at radius 2 is 1.41 bits per heavy atom. The van der Waals surface area contributed by atoms with E-state index in [0.717, 1.165) is 0 Å². The molecule has 0 saturated carbocycles. The molecule has 0 radical (unpaired) electrons. The summed E-state index contributed by atoms with van der Waals surface area (Å²) >= 11 is 5.92. The molecule has 0 spiro atoms. The van der Waals surface area contributed by atoms with Crippen LogP contribution in [0.1, 0.15) is 42.2 Å². The van der Waals surface area contributed by atoms with Crippen molar-refractivity contribution in [2.45, 2.75) is 0 Å². The van der Waals surface area contributed by atoms with Crippen LogP contribution in [0.2, 0.25) is 5.02 Å². The van der Waals surface area contributed by atoms with Crippen molar-refractivity contribution in [1.29, 1.82) is 0 Å². The summed E-state index contributed by atoms with van der Waals surface area (Å²) < 4.78 is 0. The van der Waals surface area contributed by atoms with E-state index in [9.17, 15) is 19.5 Å². The van der Waals surface area contributed by atoms with Gasteiger partial charge in [0, 0.05) is 11.1 Å². The van der Waals surface area contributed by atoms with Crippen molar-refractivity contribution in [3.8, 4) is 0 Å². The second-order valence-corrected chi connectivity index (χ2v) is 5.15.